The summed E-state index contributed by atoms with van der Waals surface area (Å²) in [5.41, 5.74) is 1.07. The largest absolute Gasteiger partial charge is 0.384 e. The van der Waals surface area contributed by atoms with E-state index in [9.17, 15) is 9.18 Å². The van der Waals surface area contributed by atoms with Gasteiger partial charge in [-0.25, -0.2) is 4.39 Å². The Balaban J connectivity index is 1.99. The number of hydrogen-bond donors (Lipinski definition) is 2. The Morgan fingerprint density at radius 3 is 2.90 bits per heavy atom. The normalized spacial score (nSPS) is 9.86. The molecular formula is C16H14FNO2S. The van der Waals surface area contributed by atoms with Crippen molar-refractivity contribution >= 4 is 17.2 Å². The fraction of sp³-hybridized carbons (Fsp3) is 0.188. The summed E-state index contributed by atoms with van der Waals surface area (Å²) in [7, 11) is 0. The van der Waals surface area contributed by atoms with Crippen LogP contribution in [0.25, 0.3) is 0 Å². The van der Waals surface area contributed by atoms with Crippen molar-refractivity contribution in [3.05, 3.63) is 57.0 Å². The molecule has 0 saturated carbocycles. The van der Waals surface area contributed by atoms with Crippen LogP contribution < -0.4 is 5.32 Å². The molecule has 0 spiro atoms. The third-order valence-electron chi connectivity index (χ3n) is 2.81. The Morgan fingerprint density at radius 1 is 1.38 bits per heavy atom. The molecule has 108 valence electrons. The van der Waals surface area contributed by atoms with Crippen LogP contribution in [0.1, 0.15) is 25.7 Å². The van der Waals surface area contributed by atoms with Crippen LogP contribution in [0.3, 0.4) is 0 Å². The molecule has 2 N–H and O–H groups in total. The maximum atomic E-state index is 13.0. The predicted octanol–water partition coefficient (Wildman–Crippen LogP) is 2.47. The molecule has 3 nitrogen and oxygen atoms in total. The molecule has 0 fully saturated rings. The van der Waals surface area contributed by atoms with E-state index in [1.165, 1.54) is 29.5 Å². The molecule has 1 aromatic heterocycles. The van der Waals surface area contributed by atoms with E-state index in [-0.39, 0.29) is 18.3 Å². The molecule has 0 radical (unpaired) electrons. The number of halogens is 1. The molecule has 0 bridgehead atoms. The number of aliphatic hydroxyl groups is 1. The summed E-state index contributed by atoms with van der Waals surface area (Å²) in [6, 6.07) is 7.81. The van der Waals surface area contributed by atoms with Gasteiger partial charge in [-0.05, 0) is 42.8 Å². The van der Waals surface area contributed by atoms with Gasteiger partial charge >= 0.3 is 0 Å². The van der Waals surface area contributed by atoms with Crippen molar-refractivity contribution in [2.45, 2.75) is 13.5 Å². The van der Waals surface area contributed by atoms with Gasteiger partial charge in [0.25, 0.3) is 5.91 Å². The topological polar surface area (TPSA) is 49.3 Å². The summed E-state index contributed by atoms with van der Waals surface area (Å²) >= 11 is 1.46. The summed E-state index contributed by atoms with van der Waals surface area (Å²) < 4.78 is 13.0. The molecule has 2 rings (SSSR count). The lowest BCUT2D eigenvalue weighted by Gasteiger charge is -2.06. The summed E-state index contributed by atoms with van der Waals surface area (Å²) in [6.07, 6.45) is 0. The maximum Gasteiger partial charge on any atom is 0.251 e. The van der Waals surface area contributed by atoms with Gasteiger partial charge in [0.1, 0.15) is 12.4 Å². The Labute approximate surface area is 126 Å². The highest BCUT2D eigenvalue weighted by molar-refractivity contribution is 7.12. The molecule has 5 heteroatoms. The van der Waals surface area contributed by atoms with E-state index in [1.54, 1.807) is 6.92 Å². The van der Waals surface area contributed by atoms with Crippen molar-refractivity contribution in [3.63, 3.8) is 0 Å². The number of rotatable bonds is 3. The molecule has 0 atom stereocenters. The highest BCUT2D eigenvalue weighted by Gasteiger charge is 2.09. The quantitative estimate of drug-likeness (QED) is 0.856. The van der Waals surface area contributed by atoms with Crippen LogP contribution in [0.4, 0.5) is 4.39 Å². The lowest BCUT2D eigenvalue weighted by molar-refractivity contribution is 0.0950. The maximum absolute atomic E-state index is 13.0. The summed E-state index contributed by atoms with van der Waals surface area (Å²) in [4.78, 5) is 13.8. The predicted molar refractivity (Wildman–Crippen MR) is 80.6 cm³/mol. The molecule has 1 amide bonds. The first-order valence-corrected chi connectivity index (χ1v) is 7.14. The van der Waals surface area contributed by atoms with E-state index in [0.29, 0.717) is 17.7 Å². The van der Waals surface area contributed by atoms with Gasteiger partial charge in [-0.3, -0.25) is 4.79 Å². The molecule has 2 aromatic rings. The Bertz CT molecular complexity index is 713. The van der Waals surface area contributed by atoms with E-state index in [2.05, 4.69) is 17.2 Å². The number of aliphatic hydroxyl groups excluding tert-OH is 1. The standard InChI is InChI=1S/C16H14FNO2S/c1-11-9-12(17)4-7-15(11)16(20)18-10-14-6-5-13(21-14)3-2-8-19/h4-7,9,19H,8,10H2,1H3,(H,18,20). The van der Waals surface area contributed by atoms with E-state index in [0.717, 1.165) is 9.75 Å². The fourth-order valence-corrected chi connectivity index (χ4v) is 2.63. The number of benzene rings is 1. The van der Waals surface area contributed by atoms with Crippen molar-refractivity contribution in [2.75, 3.05) is 6.61 Å². The van der Waals surface area contributed by atoms with Gasteiger partial charge in [-0.1, -0.05) is 11.8 Å². The van der Waals surface area contributed by atoms with E-state index >= 15 is 0 Å². The van der Waals surface area contributed by atoms with Crippen molar-refractivity contribution < 1.29 is 14.3 Å². The Kier molecular flexibility index (Phi) is 5.09. The molecule has 21 heavy (non-hydrogen) atoms. The van der Waals surface area contributed by atoms with Crippen molar-refractivity contribution in [1.82, 2.24) is 5.32 Å². The highest BCUT2D eigenvalue weighted by atomic mass is 32.1. The minimum atomic E-state index is -0.352. The van der Waals surface area contributed by atoms with E-state index in [1.807, 2.05) is 12.1 Å². The number of aryl methyl sites for hydroxylation is 1. The van der Waals surface area contributed by atoms with Gasteiger partial charge in [0.15, 0.2) is 0 Å². The monoisotopic (exact) mass is 303 g/mol. The van der Waals surface area contributed by atoms with Gasteiger partial charge in [0, 0.05) is 10.4 Å². The third-order valence-corrected chi connectivity index (χ3v) is 3.81. The van der Waals surface area contributed by atoms with E-state index < -0.39 is 0 Å². The van der Waals surface area contributed by atoms with Gasteiger partial charge < -0.3 is 10.4 Å². The SMILES string of the molecule is Cc1cc(F)ccc1C(=O)NCc1ccc(C#CCO)s1. The minimum Gasteiger partial charge on any atom is -0.384 e. The van der Waals surface area contributed by atoms with E-state index in [4.69, 9.17) is 5.11 Å². The molecule has 0 aliphatic heterocycles. The second-order valence-electron chi connectivity index (χ2n) is 4.37. The van der Waals surface area contributed by atoms with Crippen LogP contribution in [0.2, 0.25) is 0 Å². The van der Waals surface area contributed by atoms with Crippen LogP contribution in [-0.4, -0.2) is 17.6 Å². The average Bonchev–Trinajstić information content (AvgIpc) is 2.90. The lowest BCUT2D eigenvalue weighted by atomic mass is 10.1. The summed E-state index contributed by atoms with van der Waals surface area (Å²) in [5, 5.41) is 11.4. The third kappa shape index (κ3) is 4.15. The zero-order valence-electron chi connectivity index (χ0n) is 11.4. The minimum absolute atomic E-state index is 0.173. The number of thiophene rings is 1. The fourth-order valence-electron chi connectivity index (χ4n) is 1.81. The molecule has 0 saturated heterocycles. The highest BCUT2D eigenvalue weighted by Crippen LogP contribution is 2.16. The van der Waals surface area contributed by atoms with Gasteiger partial charge in [-0.2, -0.15) is 0 Å². The van der Waals surface area contributed by atoms with Gasteiger partial charge in [0.05, 0.1) is 11.4 Å². The van der Waals surface area contributed by atoms with Gasteiger partial charge in [0.2, 0.25) is 0 Å². The van der Waals surface area contributed by atoms with Crippen LogP contribution in [0, 0.1) is 24.6 Å². The smallest absolute Gasteiger partial charge is 0.251 e. The van der Waals surface area contributed by atoms with Crippen molar-refractivity contribution in [1.29, 1.82) is 0 Å². The Hall–Kier alpha value is -2.16. The van der Waals surface area contributed by atoms with Crippen LogP contribution >= 0.6 is 11.3 Å². The number of carbonyl (C=O) groups is 1. The van der Waals surface area contributed by atoms with Crippen LogP contribution in [-0.2, 0) is 6.54 Å². The van der Waals surface area contributed by atoms with Crippen molar-refractivity contribution in [2.24, 2.45) is 0 Å². The molecular weight excluding hydrogens is 289 g/mol. The number of carbonyl (C=O) groups excluding carboxylic acids is 1. The molecule has 0 unspecified atom stereocenters. The number of amides is 1. The first kappa shape index (κ1) is 15.2. The molecule has 0 aliphatic carbocycles. The van der Waals surface area contributed by atoms with Crippen LogP contribution in [0.15, 0.2) is 30.3 Å². The molecule has 1 heterocycles. The number of hydrogen-bond acceptors (Lipinski definition) is 3. The first-order valence-electron chi connectivity index (χ1n) is 6.33. The zero-order valence-corrected chi connectivity index (χ0v) is 12.3. The first-order chi connectivity index (χ1) is 10.1. The lowest BCUT2D eigenvalue weighted by Crippen LogP contribution is -2.23. The number of nitrogens with one attached hydrogen (secondary N) is 1. The zero-order chi connectivity index (χ0) is 15.2. The van der Waals surface area contributed by atoms with Crippen LogP contribution in [0.5, 0.6) is 0 Å². The Morgan fingerprint density at radius 2 is 2.19 bits per heavy atom. The molecule has 0 aliphatic rings. The van der Waals surface area contributed by atoms with Crippen molar-refractivity contribution in [3.8, 4) is 11.8 Å². The summed E-state index contributed by atoms with van der Waals surface area (Å²) in [5.74, 6) is 4.80. The second kappa shape index (κ2) is 7.02. The second-order valence-corrected chi connectivity index (χ2v) is 5.54. The molecule has 1 aromatic carbocycles. The summed E-state index contributed by atoms with van der Waals surface area (Å²) in [6.45, 7) is 1.92. The average molecular weight is 303 g/mol. The van der Waals surface area contributed by atoms with Gasteiger partial charge in [-0.15, -0.1) is 11.3 Å².